The van der Waals surface area contributed by atoms with Crippen molar-refractivity contribution in [1.82, 2.24) is 9.80 Å². The molecule has 2 nitrogen and oxygen atoms in total. The first-order chi connectivity index (χ1) is 4.83. The molecule has 0 unspecified atom stereocenters. The normalized spacial score (nSPS) is 23.4. The Balaban J connectivity index is 2.13. The number of halogens is 1. The lowest BCUT2D eigenvalue weighted by molar-refractivity contribution is 0.146. The molecule has 0 aromatic heterocycles. The first-order valence-electron chi connectivity index (χ1n) is 3.80. The van der Waals surface area contributed by atoms with Crippen LogP contribution >= 0.6 is 0 Å². The summed E-state index contributed by atoms with van der Waals surface area (Å²) in [6.45, 7) is 4.64. The molecule has 1 heterocycles. The molecule has 0 atom stereocenters. The lowest BCUT2D eigenvalue weighted by atomic mass is 10.3. The molecule has 0 aromatic carbocycles. The summed E-state index contributed by atoms with van der Waals surface area (Å²) in [6, 6.07) is 0. The molecule has 0 amide bonds. The van der Waals surface area contributed by atoms with Crippen molar-refractivity contribution in [2.45, 2.75) is 0 Å². The SMILES string of the molecule is CN1CCN(CCF)CC1. The Morgan fingerprint density at radius 1 is 1.20 bits per heavy atom. The van der Waals surface area contributed by atoms with Gasteiger partial charge in [-0.1, -0.05) is 0 Å². The number of rotatable bonds is 2. The van der Waals surface area contributed by atoms with Crippen LogP contribution < -0.4 is 0 Å². The van der Waals surface area contributed by atoms with Gasteiger partial charge in [0.2, 0.25) is 0 Å². The van der Waals surface area contributed by atoms with Gasteiger partial charge in [0.25, 0.3) is 0 Å². The highest BCUT2D eigenvalue weighted by molar-refractivity contribution is 4.68. The minimum absolute atomic E-state index is 0.205. The fraction of sp³-hybridized carbons (Fsp3) is 1.00. The third-order valence-corrected chi connectivity index (χ3v) is 2.00. The predicted octanol–water partition coefficient (Wildman–Crippen LogP) is 0.203. The van der Waals surface area contributed by atoms with Crippen LogP contribution in [0.2, 0.25) is 0 Å². The second-order valence-electron chi connectivity index (χ2n) is 2.83. The van der Waals surface area contributed by atoms with Crippen molar-refractivity contribution in [2.75, 3.05) is 46.4 Å². The van der Waals surface area contributed by atoms with E-state index in [4.69, 9.17) is 0 Å². The molecule has 0 aromatic rings. The van der Waals surface area contributed by atoms with Crippen molar-refractivity contribution in [3.8, 4) is 0 Å². The second kappa shape index (κ2) is 3.88. The maximum atomic E-state index is 11.8. The molecule has 1 rings (SSSR count). The van der Waals surface area contributed by atoms with Crippen molar-refractivity contribution in [3.05, 3.63) is 0 Å². The van der Waals surface area contributed by atoms with Crippen LogP contribution in [0.15, 0.2) is 0 Å². The van der Waals surface area contributed by atoms with E-state index in [1.807, 2.05) is 0 Å². The lowest BCUT2D eigenvalue weighted by Gasteiger charge is -2.31. The van der Waals surface area contributed by atoms with E-state index in [2.05, 4.69) is 16.8 Å². The molecular formula is C7H15FN2. The van der Waals surface area contributed by atoms with Crippen LogP contribution in [0.5, 0.6) is 0 Å². The Bertz CT molecular complexity index is 89.6. The first-order valence-corrected chi connectivity index (χ1v) is 3.80. The number of alkyl halides is 1. The van der Waals surface area contributed by atoms with Gasteiger partial charge in [0.05, 0.1) is 0 Å². The monoisotopic (exact) mass is 146 g/mol. The maximum Gasteiger partial charge on any atom is 0.102 e. The van der Waals surface area contributed by atoms with E-state index in [0.29, 0.717) is 6.54 Å². The van der Waals surface area contributed by atoms with E-state index in [1.165, 1.54) is 0 Å². The van der Waals surface area contributed by atoms with E-state index in [9.17, 15) is 4.39 Å². The summed E-state index contributed by atoms with van der Waals surface area (Å²) in [5.41, 5.74) is 0. The lowest BCUT2D eigenvalue weighted by Crippen LogP contribution is -2.45. The zero-order valence-corrected chi connectivity index (χ0v) is 6.52. The molecule has 0 aliphatic carbocycles. The zero-order valence-electron chi connectivity index (χ0n) is 6.52. The number of hydrogen-bond acceptors (Lipinski definition) is 2. The molecule has 10 heavy (non-hydrogen) atoms. The Morgan fingerprint density at radius 3 is 2.30 bits per heavy atom. The minimum Gasteiger partial charge on any atom is -0.304 e. The van der Waals surface area contributed by atoms with E-state index in [-0.39, 0.29) is 6.67 Å². The second-order valence-corrected chi connectivity index (χ2v) is 2.83. The van der Waals surface area contributed by atoms with Crippen molar-refractivity contribution in [3.63, 3.8) is 0 Å². The highest BCUT2D eigenvalue weighted by Crippen LogP contribution is 1.97. The molecule has 0 N–H and O–H groups in total. The third-order valence-electron chi connectivity index (χ3n) is 2.00. The summed E-state index contributed by atoms with van der Waals surface area (Å²) in [4.78, 5) is 4.44. The van der Waals surface area contributed by atoms with Gasteiger partial charge in [-0.05, 0) is 7.05 Å². The Morgan fingerprint density at radius 2 is 1.80 bits per heavy atom. The van der Waals surface area contributed by atoms with Crippen LogP contribution in [-0.2, 0) is 0 Å². The fourth-order valence-electron chi connectivity index (χ4n) is 1.19. The van der Waals surface area contributed by atoms with E-state index >= 15 is 0 Å². The molecule has 3 heteroatoms. The summed E-state index contributed by atoms with van der Waals surface area (Å²) in [6.07, 6.45) is 0. The molecule has 1 fully saturated rings. The summed E-state index contributed by atoms with van der Waals surface area (Å²) in [5.74, 6) is 0. The van der Waals surface area contributed by atoms with Crippen molar-refractivity contribution < 1.29 is 4.39 Å². The number of nitrogens with zero attached hydrogens (tertiary/aromatic N) is 2. The largest absolute Gasteiger partial charge is 0.304 e. The number of likely N-dealkylation sites (N-methyl/N-ethyl adjacent to an activating group) is 1. The number of piperazine rings is 1. The summed E-state index contributed by atoms with van der Waals surface area (Å²) >= 11 is 0. The van der Waals surface area contributed by atoms with Gasteiger partial charge in [-0.25, -0.2) is 4.39 Å². The smallest absolute Gasteiger partial charge is 0.102 e. The van der Waals surface area contributed by atoms with Crippen molar-refractivity contribution >= 4 is 0 Å². The molecule has 0 radical (unpaired) electrons. The Labute approximate surface area is 61.6 Å². The van der Waals surface area contributed by atoms with Gasteiger partial charge in [0.15, 0.2) is 0 Å². The molecule has 1 aliphatic rings. The van der Waals surface area contributed by atoms with Crippen molar-refractivity contribution in [1.29, 1.82) is 0 Å². The average molecular weight is 146 g/mol. The first kappa shape index (κ1) is 7.95. The summed E-state index contributed by atoms with van der Waals surface area (Å²) in [7, 11) is 2.10. The molecule has 60 valence electrons. The molecule has 1 saturated heterocycles. The standard InChI is InChI=1S/C7H15FN2/c1-9-4-6-10(3-2-8)7-5-9/h2-7H2,1H3. The van der Waals surface area contributed by atoms with Gasteiger partial charge in [-0.3, -0.25) is 4.90 Å². The van der Waals surface area contributed by atoms with Crippen LogP contribution in [0.25, 0.3) is 0 Å². The van der Waals surface area contributed by atoms with Gasteiger partial charge in [0, 0.05) is 32.7 Å². The van der Waals surface area contributed by atoms with E-state index in [0.717, 1.165) is 26.2 Å². The highest BCUT2D eigenvalue weighted by atomic mass is 19.1. The summed E-state index contributed by atoms with van der Waals surface area (Å²) in [5, 5.41) is 0. The van der Waals surface area contributed by atoms with Gasteiger partial charge < -0.3 is 4.90 Å². The number of hydrogen-bond donors (Lipinski definition) is 0. The molecule has 0 saturated carbocycles. The summed E-state index contributed by atoms with van der Waals surface area (Å²) < 4.78 is 11.8. The van der Waals surface area contributed by atoms with E-state index in [1.54, 1.807) is 0 Å². The fourth-order valence-corrected chi connectivity index (χ4v) is 1.19. The molecule has 0 bridgehead atoms. The van der Waals surface area contributed by atoms with Crippen LogP contribution in [-0.4, -0.2) is 56.2 Å². The Kier molecular flexibility index (Phi) is 3.09. The average Bonchev–Trinajstić information content (AvgIpc) is 1.95. The van der Waals surface area contributed by atoms with Gasteiger partial charge in [0.1, 0.15) is 6.67 Å². The molecule has 0 spiro atoms. The molecular weight excluding hydrogens is 131 g/mol. The topological polar surface area (TPSA) is 6.48 Å². The quantitative estimate of drug-likeness (QED) is 0.549. The van der Waals surface area contributed by atoms with Gasteiger partial charge >= 0.3 is 0 Å². The maximum absolute atomic E-state index is 11.8. The van der Waals surface area contributed by atoms with Gasteiger partial charge in [-0.15, -0.1) is 0 Å². The van der Waals surface area contributed by atoms with Gasteiger partial charge in [-0.2, -0.15) is 0 Å². The predicted molar refractivity (Wildman–Crippen MR) is 39.9 cm³/mol. The van der Waals surface area contributed by atoms with Crippen LogP contribution in [0.4, 0.5) is 4.39 Å². The third kappa shape index (κ3) is 2.23. The zero-order chi connectivity index (χ0) is 7.40. The van der Waals surface area contributed by atoms with Crippen LogP contribution in [0, 0.1) is 0 Å². The Hall–Kier alpha value is -0.150. The highest BCUT2D eigenvalue weighted by Gasteiger charge is 2.12. The van der Waals surface area contributed by atoms with E-state index < -0.39 is 0 Å². The van der Waals surface area contributed by atoms with Crippen LogP contribution in [0.1, 0.15) is 0 Å². The minimum atomic E-state index is -0.205. The van der Waals surface area contributed by atoms with Crippen LogP contribution in [0.3, 0.4) is 0 Å². The molecule has 1 aliphatic heterocycles. The van der Waals surface area contributed by atoms with Crippen molar-refractivity contribution in [2.24, 2.45) is 0 Å².